The summed E-state index contributed by atoms with van der Waals surface area (Å²) in [6, 6.07) is 0. The van der Waals surface area contributed by atoms with E-state index in [9.17, 15) is 4.79 Å². The summed E-state index contributed by atoms with van der Waals surface area (Å²) in [7, 11) is 0. The third kappa shape index (κ3) is 2.05. The van der Waals surface area contributed by atoms with Crippen molar-refractivity contribution >= 4 is 12.2 Å². The first kappa shape index (κ1) is 7.05. The quantitative estimate of drug-likeness (QED) is 0.610. The molecule has 1 aliphatic heterocycles. The van der Waals surface area contributed by atoms with Gasteiger partial charge in [-0.3, -0.25) is 9.80 Å². The average molecular weight is 142 g/mol. The van der Waals surface area contributed by atoms with Crippen LogP contribution in [0.2, 0.25) is 0 Å². The molecule has 0 unspecified atom stereocenters. The van der Waals surface area contributed by atoms with E-state index >= 15 is 0 Å². The predicted molar refractivity (Wildman–Crippen MR) is 36.9 cm³/mol. The number of carboxylic acids is 1. The van der Waals surface area contributed by atoms with Crippen LogP contribution in [0.5, 0.6) is 0 Å². The number of hydrogen-bond acceptors (Lipinski definition) is 3. The molecule has 1 N–H and O–H groups in total. The molecule has 0 aromatic rings. The topological polar surface area (TPSA) is 52.9 Å². The van der Waals surface area contributed by atoms with E-state index in [1.54, 1.807) is 5.01 Å². The van der Waals surface area contributed by atoms with E-state index in [1.807, 2.05) is 6.21 Å². The fourth-order valence-corrected chi connectivity index (χ4v) is 0.832. The van der Waals surface area contributed by atoms with Crippen LogP contribution >= 0.6 is 0 Å². The maximum Gasteiger partial charge on any atom is 0.305 e. The minimum atomic E-state index is -0.762. The van der Waals surface area contributed by atoms with Gasteiger partial charge < -0.3 is 5.11 Å². The predicted octanol–water partition coefficient (Wildman–Crippen LogP) is 0.153. The fourth-order valence-electron chi connectivity index (χ4n) is 0.832. The van der Waals surface area contributed by atoms with Crippen LogP contribution in [0, 0.1) is 0 Å². The maximum atomic E-state index is 10.1. The molecule has 0 aromatic heterocycles. The summed E-state index contributed by atoms with van der Waals surface area (Å²) in [5.74, 6) is -0.762. The van der Waals surface area contributed by atoms with Crippen molar-refractivity contribution in [3.05, 3.63) is 0 Å². The highest BCUT2D eigenvalue weighted by atomic mass is 16.4. The van der Waals surface area contributed by atoms with Crippen molar-refractivity contribution < 1.29 is 9.90 Å². The Morgan fingerprint density at radius 1 is 1.80 bits per heavy atom. The summed E-state index contributed by atoms with van der Waals surface area (Å²) < 4.78 is 0. The van der Waals surface area contributed by atoms with E-state index in [1.165, 1.54) is 0 Å². The Bertz CT molecular complexity index is 156. The zero-order valence-electron chi connectivity index (χ0n) is 5.66. The molecule has 0 bridgehead atoms. The van der Waals surface area contributed by atoms with Gasteiger partial charge in [0.05, 0.1) is 6.42 Å². The van der Waals surface area contributed by atoms with E-state index in [2.05, 4.69) is 5.10 Å². The first-order valence-corrected chi connectivity index (χ1v) is 3.28. The Morgan fingerprint density at radius 3 is 3.10 bits per heavy atom. The number of rotatable bonds is 3. The Hall–Kier alpha value is -1.06. The number of nitrogens with zero attached hydrogens (tertiary/aromatic N) is 2. The van der Waals surface area contributed by atoms with E-state index in [0.717, 1.165) is 13.0 Å². The molecule has 56 valence electrons. The van der Waals surface area contributed by atoms with Crippen molar-refractivity contribution in [3.63, 3.8) is 0 Å². The molecular weight excluding hydrogens is 132 g/mol. The van der Waals surface area contributed by atoms with Gasteiger partial charge in [0.25, 0.3) is 0 Å². The fraction of sp³-hybridized carbons (Fsp3) is 0.667. The van der Waals surface area contributed by atoms with Crippen LogP contribution in [0.3, 0.4) is 0 Å². The second-order valence-electron chi connectivity index (χ2n) is 2.18. The number of hydrogen-bond donors (Lipinski definition) is 1. The number of aliphatic carboxylic acids is 1. The summed E-state index contributed by atoms with van der Waals surface area (Å²) in [6.45, 7) is 1.40. The maximum absolute atomic E-state index is 10.1. The molecule has 0 atom stereocenters. The smallest absolute Gasteiger partial charge is 0.305 e. The molecule has 1 heterocycles. The van der Waals surface area contributed by atoms with Crippen LogP contribution in [-0.2, 0) is 4.79 Å². The second-order valence-corrected chi connectivity index (χ2v) is 2.18. The van der Waals surface area contributed by atoms with Crippen LogP contribution in [0.25, 0.3) is 0 Å². The summed E-state index contributed by atoms with van der Waals surface area (Å²) in [5, 5.41) is 14.0. The van der Waals surface area contributed by atoms with Gasteiger partial charge in [-0.2, -0.15) is 5.10 Å². The molecule has 1 aliphatic rings. The largest absolute Gasteiger partial charge is 0.481 e. The summed E-state index contributed by atoms with van der Waals surface area (Å²) in [5.41, 5.74) is 0. The number of hydrazone groups is 1. The molecule has 10 heavy (non-hydrogen) atoms. The highest BCUT2D eigenvalue weighted by molar-refractivity contribution is 5.67. The highest BCUT2D eigenvalue weighted by Crippen LogP contribution is 1.99. The third-order valence-corrected chi connectivity index (χ3v) is 1.35. The Balaban J connectivity index is 2.13. The lowest BCUT2D eigenvalue weighted by Crippen LogP contribution is -2.18. The zero-order chi connectivity index (χ0) is 7.40. The first-order chi connectivity index (χ1) is 4.79. The van der Waals surface area contributed by atoms with Crippen molar-refractivity contribution in [2.45, 2.75) is 12.8 Å². The molecule has 4 heteroatoms. The molecule has 1 rings (SSSR count). The van der Waals surface area contributed by atoms with Crippen molar-refractivity contribution in [1.29, 1.82) is 0 Å². The van der Waals surface area contributed by atoms with E-state index < -0.39 is 5.97 Å². The highest BCUT2D eigenvalue weighted by Gasteiger charge is 2.06. The lowest BCUT2D eigenvalue weighted by molar-refractivity contribution is -0.137. The molecular formula is C6H10N2O2. The minimum absolute atomic E-state index is 0.178. The van der Waals surface area contributed by atoms with Crippen LogP contribution in [0.15, 0.2) is 5.10 Å². The van der Waals surface area contributed by atoms with Crippen LogP contribution in [-0.4, -0.2) is 35.4 Å². The lowest BCUT2D eigenvalue weighted by Gasteiger charge is -2.10. The molecule has 0 radical (unpaired) electrons. The van der Waals surface area contributed by atoms with E-state index in [4.69, 9.17) is 5.11 Å². The molecule has 0 aromatic carbocycles. The third-order valence-electron chi connectivity index (χ3n) is 1.35. The SMILES string of the molecule is O=C(O)CCN1CCC=N1. The number of carbonyl (C=O) groups is 1. The summed E-state index contributed by atoms with van der Waals surface area (Å²) in [4.78, 5) is 10.1. The van der Waals surface area contributed by atoms with Crippen molar-refractivity contribution in [1.82, 2.24) is 5.01 Å². The zero-order valence-corrected chi connectivity index (χ0v) is 5.66. The standard InChI is InChI=1S/C6H10N2O2/c9-6(10)2-5-8-4-1-3-7-8/h3H,1-2,4-5H2,(H,9,10). The van der Waals surface area contributed by atoms with E-state index in [-0.39, 0.29) is 6.42 Å². The van der Waals surface area contributed by atoms with Crippen LogP contribution in [0.4, 0.5) is 0 Å². The Morgan fingerprint density at radius 2 is 2.60 bits per heavy atom. The average Bonchev–Trinajstić information content (AvgIpc) is 2.34. The normalized spacial score (nSPS) is 16.2. The molecule has 0 saturated heterocycles. The molecule has 0 amide bonds. The second kappa shape index (κ2) is 3.20. The molecule has 0 fully saturated rings. The first-order valence-electron chi connectivity index (χ1n) is 3.28. The number of carboxylic acid groups (broad SMARTS) is 1. The molecule has 0 spiro atoms. The van der Waals surface area contributed by atoms with Crippen molar-refractivity contribution in [2.75, 3.05) is 13.1 Å². The Kier molecular flexibility index (Phi) is 2.25. The molecule has 0 aliphatic carbocycles. The summed E-state index contributed by atoms with van der Waals surface area (Å²) >= 11 is 0. The molecule has 0 saturated carbocycles. The molecule has 4 nitrogen and oxygen atoms in total. The van der Waals surface area contributed by atoms with Gasteiger partial charge >= 0.3 is 5.97 Å². The van der Waals surface area contributed by atoms with Crippen molar-refractivity contribution in [3.8, 4) is 0 Å². The van der Waals surface area contributed by atoms with Crippen molar-refractivity contribution in [2.24, 2.45) is 5.10 Å². The van der Waals surface area contributed by atoms with Gasteiger partial charge in [0.1, 0.15) is 0 Å². The van der Waals surface area contributed by atoms with Gasteiger partial charge in [-0.05, 0) is 0 Å². The van der Waals surface area contributed by atoms with E-state index in [0.29, 0.717) is 6.54 Å². The summed E-state index contributed by atoms with van der Waals surface area (Å²) in [6.07, 6.45) is 2.93. The van der Waals surface area contributed by atoms with Gasteiger partial charge in [0.2, 0.25) is 0 Å². The van der Waals surface area contributed by atoms with Gasteiger partial charge in [-0.1, -0.05) is 0 Å². The minimum Gasteiger partial charge on any atom is -0.481 e. The van der Waals surface area contributed by atoms with Gasteiger partial charge in [0.15, 0.2) is 0 Å². The van der Waals surface area contributed by atoms with Crippen LogP contribution < -0.4 is 0 Å². The van der Waals surface area contributed by atoms with Gasteiger partial charge in [-0.25, -0.2) is 0 Å². The van der Waals surface area contributed by atoms with Gasteiger partial charge in [0, 0.05) is 25.7 Å². The monoisotopic (exact) mass is 142 g/mol. The Labute approximate surface area is 59.1 Å². The van der Waals surface area contributed by atoms with Gasteiger partial charge in [-0.15, -0.1) is 0 Å². The van der Waals surface area contributed by atoms with Crippen LogP contribution in [0.1, 0.15) is 12.8 Å². The lowest BCUT2D eigenvalue weighted by atomic mass is 10.4.